The Hall–Kier alpha value is -1.92. The van der Waals surface area contributed by atoms with E-state index >= 15 is 0 Å². The van der Waals surface area contributed by atoms with E-state index in [1.165, 1.54) is 4.80 Å². The number of aromatic nitrogens is 6. The predicted octanol–water partition coefficient (Wildman–Crippen LogP) is -0.963. The van der Waals surface area contributed by atoms with E-state index in [-0.39, 0.29) is 0 Å². The molecular formula is C6H9N7. The average molecular weight is 179 g/mol. The maximum Gasteiger partial charge on any atom is 0.165 e. The lowest BCUT2D eigenvalue weighted by molar-refractivity contribution is 0.607. The molecule has 2 N–H and O–H groups in total. The largest absolute Gasteiger partial charge is 0.381 e. The van der Waals surface area contributed by atoms with Gasteiger partial charge in [-0.05, 0) is 0 Å². The summed E-state index contributed by atoms with van der Waals surface area (Å²) in [6.45, 7) is 0.540. The number of rotatable bonds is 2. The number of aryl methyl sites for hydroxylation is 1. The van der Waals surface area contributed by atoms with E-state index in [1.807, 2.05) is 0 Å². The molecule has 7 nitrogen and oxygen atoms in total. The van der Waals surface area contributed by atoms with Crippen molar-refractivity contribution in [2.75, 3.05) is 5.73 Å². The highest BCUT2D eigenvalue weighted by Crippen LogP contribution is 1.97. The van der Waals surface area contributed by atoms with E-state index in [4.69, 9.17) is 5.73 Å². The lowest BCUT2D eigenvalue weighted by Gasteiger charge is -1.92. The first-order chi connectivity index (χ1) is 6.24. The molecule has 2 aromatic heterocycles. The molecule has 0 atom stereocenters. The molecule has 68 valence electrons. The average Bonchev–Trinajstić information content (AvgIpc) is 2.62. The number of hydrogen-bond acceptors (Lipinski definition) is 5. The van der Waals surface area contributed by atoms with Crippen molar-refractivity contribution in [3.05, 3.63) is 18.1 Å². The Labute approximate surface area is 74.1 Å². The van der Waals surface area contributed by atoms with Crippen molar-refractivity contribution in [1.82, 2.24) is 30.0 Å². The molecule has 0 unspecified atom stereocenters. The Morgan fingerprint density at radius 3 is 2.92 bits per heavy atom. The fourth-order valence-electron chi connectivity index (χ4n) is 1.02. The van der Waals surface area contributed by atoms with Crippen molar-refractivity contribution >= 4 is 5.82 Å². The lowest BCUT2D eigenvalue weighted by atomic mass is 10.5. The second-order valence-corrected chi connectivity index (χ2v) is 2.67. The Bertz CT molecular complexity index is 362. The van der Waals surface area contributed by atoms with Crippen molar-refractivity contribution in [2.45, 2.75) is 6.54 Å². The lowest BCUT2D eigenvalue weighted by Crippen LogP contribution is -2.02. The van der Waals surface area contributed by atoms with Crippen LogP contribution in [0.3, 0.4) is 0 Å². The van der Waals surface area contributed by atoms with E-state index in [1.54, 1.807) is 24.1 Å². The molecule has 0 aliphatic heterocycles. The molecule has 0 amide bonds. The van der Waals surface area contributed by atoms with E-state index < -0.39 is 0 Å². The third-order valence-electron chi connectivity index (χ3n) is 1.53. The molecule has 0 aromatic carbocycles. The highest BCUT2D eigenvalue weighted by Gasteiger charge is 2.01. The number of hydrogen-bond donors (Lipinski definition) is 1. The van der Waals surface area contributed by atoms with Crippen molar-refractivity contribution in [3.63, 3.8) is 0 Å². The minimum Gasteiger partial charge on any atom is -0.381 e. The van der Waals surface area contributed by atoms with Gasteiger partial charge in [-0.25, -0.2) is 4.68 Å². The van der Waals surface area contributed by atoms with Crippen LogP contribution in [0.5, 0.6) is 0 Å². The number of nitrogens with zero attached hydrogens (tertiary/aromatic N) is 6. The van der Waals surface area contributed by atoms with Crippen molar-refractivity contribution in [3.8, 4) is 0 Å². The molecule has 0 aliphatic rings. The second-order valence-electron chi connectivity index (χ2n) is 2.67. The zero-order valence-corrected chi connectivity index (χ0v) is 7.12. The van der Waals surface area contributed by atoms with Gasteiger partial charge in [-0.2, -0.15) is 15.0 Å². The zero-order valence-electron chi connectivity index (χ0n) is 7.12. The minimum atomic E-state index is 0.406. The molecule has 0 aliphatic carbocycles. The summed E-state index contributed by atoms with van der Waals surface area (Å²) in [5.41, 5.74) is 6.23. The van der Waals surface area contributed by atoms with Gasteiger partial charge in [0.15, 0.2) is 5.82 Å². The third-order valence-corrected chi connectivity index (χ3v) is 1.53. The van der Waals surface area contributed by atoms with Crippen LogP contribution in [0.25, 0.3) is 0 Å². The van der Waals surface area contributed by atoms with Gasteiger partial charge in [0, 0.05) is 7.05 Å². The highest BCUT2D eigenvalue weighted by molar-refractivity contribution is 5.20. The summed E-state index contributed by atoms with van der Waals surface area (Å²) < 4.78 is 1.61. The first-order valence-electron chi connectivity index (χ1n) is 3.75. The Balaban J connectivity index is 2.14. The Morgan fingerprint density at radius 2 is 2.38 bits per heavy atom. The summed E-state index contributed by atoms with van der Waals surface area (Å²) >= 11 is 0. The minimum absolute atomic E-state index is 0.406. The summed E-state index contributed by atoms with van der Waals surface area (Å²) in [6, 6.07) is 0. The molecule has 2 rings (SSSR count). The molecule has 13 heavy (non-hydrogen) atoms. The van der Waals surface area contributed by atoms with Crippen molar-refractivity contribution < 1.29 is 0 Å². The fraction of sp³-hybridized carbons (Fsp3) is 0.333. The standard InChI is InChI=1S/C6H9N7/c1-12-8-2-5(10-12)3-13-4-6(7)9-11-13/h2,4H,3,7H2,1H3. The van der Waals surface area contributed by atoms with Gasteiger partial charge >= 0.3 is 0 Å². The van der Waals surface area contributed by atoms with Gasteiger partial charge in [-0.15, -0.1) is 5.10 Å². The van der Waals surface area contributed by atoms with Gasteiger partial charge in [-0.1, -0.05) is 5.21 Å². The number of nitrogen functional groups attached to an aromatic ring is 1. The van der Waals surface area contributed by atoms with Gasteiger partial charge in [0.25, 0.3) is 0 Å². The van der Waals surface area contributed by atoms with Crippen LogP contribution in [0, 0.1) is 0 Å². The molecule has 0 saturated heterocycles. The summed E-state index contributed by atoms with van der Waals surface area (Å²) in [6.07, 6.45) is 3.33. The summed E-state index contributed by atoms with van der Waals surface area (Å²) in [5.74, 6) is 0.406. The first kappa shape index (κ1) is 7.71. The normalized spacial score (nSPS) is 10.5. The summed E-state index contributed by atoms with van der Waals surface area (Å²) in [4.78, 5) is 1.50. The molecule has 2 aromatic rings. The first-order valence-corrected chi connectivity index (χ1v) is 3.75. The molecule has 0 fully saturated rings. The third kappa shape index (κ3) is 1.63. The van der Waals surface area contributed by atoms with Crippen molar-refractivity contribution in [2.24, 2.45) is 7.05 Å². The van der Waals surface area contributed by atoms with Crippen LogP contribution in [0.2, 0.25) is 0 Å². The fourth-order valence-corrected chi connectivity index (χ4v) is 1.02. The van der Waals surface area contributed by atoms with E-state index in [0.717, 1.165) is 5.69 Å². The Kier molecular flexibility index (Phi) is 1.69. The zero-order chi connectivity index (χ0) is 9.26. The van der Waals surface area contributed by atoms with E-state index in [0.29, 0.717) is 12.4 Å². The quantitative estimate of drug-likeness (QED) is 0.641. The smallest absolute Gasteiger partial charge is 0.165 e. The predicted molar refractivity (Wildman–Crippen MR) is 44.5 cm³/mol. The maximum atomic E-state index is 5.40. The van der Waals surface area contributed by atoms with Gasteiger partial charge in [0.1, 0.15) is 5.69 Å². The summed E-state index contributed by atoms with van der Waals surface area (Å²) in [7, 11) is 1.76. The van der Waals surface area contributed by atoms with Crippen molar-refractivity contribution in [1.29, 1.82) is 0 Å². The highest BCUT2D eigenvalue weighted by atomic mass is 15.5. The van der Waals surface area contributed by atoms with Gasteiger partial charge in [0.05, 0.1) is 18.9 Å². The van der Waals surface area contributed by atoms with Crippen LogP contribution < -0.4 is 5.73 Å². The van der Waals surface area contributed by atoms with Gasteiger partial charge in [-0.3, -0.25) is 0 Å². The SMILES string of the molecule is Cn1ncc(Cn2cc(N)nn2)n1. The molecule has 2 heterocycles. The second kappa shape index (κ2) is 2.85. The van der Waals surface area contributed by atoms with Gasteiger partial charge in [0.2, 0.25) is 0 Å². The van der Waals surface area contributed by atoms with Crippen LogP contribution in [0.15, 0.2) is 12.4 Å². The topological polar surface area (TPSA) is 87.4 Å². The van der Waals surface area contributed by atoms with Crippen LogP contribution in [-0.2, 0) is 13.6 Å². The molecular weight excluding hydrogens is 170 g/mol. The molecule has 0 saturated carbocycles. The monoisotopic (exact) mass is 179 g/mol. The molecule has 0 radical (unpaired) electrons. The van der Waals surface area contributed by atoms with Gasteiger partial charge < -0.3 is 5.73 Å². The Morgan fingerprint density at radius 1 is 1.54 bits per heavy atom. The summed E-state index contributed by atoms with van der Waals surface area (Å²) in [5, 5.41) is 15.5. The van der Waals surface area contributed by atoms with Crippen LogP contribution in [-0.4, -0.2) is 30.0 Å². The number of nitrogens with two attached hydrogens (primary N) is 1. The maximum absolute atomic E-state index is 5.40. The van der Waals surface area contributed by atoms with E-state index in [2.05, 4.69) is 20.5 Å². The van der Waals surface area contributed by atoms with Crippen LogP contribution in [0.1, 0.15) is 5.69 Å². The molecule has 0 bridgehead atoms. The van der Waals surface area contributed by atoms with E-state index in [9.17, 15) is 0 Å². The van der Waals surface area contributed by atoms with Crippen LogP contribution in [0.4, 0.5) is 5.82 Å². The molecule has 0 spiro atoms. The van der Waals surface area contributed by atoms with Crippen LogP contribution >= 0.6 is 0 Å². The number of anilines is 1. The molecule has 7 heteroatoms.